The first-order valence-electron chi connectivity index (χ1n) is 13.8. The quantitative estimate of drug-likeness (QED) is 0.188. The SMILES string of the molecule is CN(C)C/C=C/C(=O)Nc1ccc(C(=O)NC2CCCC(Nc3ncc(Cl)c(-c4c[nH]c5ccccc45)n3)C2)c(F)c1. The lowest BCUT2D eigenvalue weighted by molar-refractivity contribution is -0.111. The van der Waals surface area contributed by atoms with Gasteiger partial charge in [0.05, 0.1) is 22.5 Å². The highest BCUT2D eigenvalue weighted by molar-refractivity contribution is 6.33. The molecule has 1 aliphatic carbocycles. The van der Waals surface area contributed by atoms with Gasteiger partial charge in [0.2, 0.25) is 11.9 Å². The number of halogens is 2. The number of hydrogen-bond acceptors (Lipinski definition) is 6. The zero-order valence-corrected chi connectivity index (χ0v) is 24.2. The van der Waals surface area contributed by atoms with Crippen LogP contribution in [-0.4, -0.2) is 64.4 Å². The topological polar surface area (TPSA) is 115 Å². The van der Waals surface area contributed by atoms with Crippen LogP contribution in [0.15, 0.2) is 67.0 Å². The third-order valence-corrected chi connectivity index (χ3v) is 7.43. The molecular weight excluding hydrogens is 557 g/mol. The molecule has 2 aromatic carbocycles. The van der Waals surface area contributed by atoms with Crippen molar-refractivity contribution in [3.05, 3.63) is 83.4 Å². The van der Waals surface area contributed by atoms with E-state index in [-0.39, 0.29) is 29.2 Å². The molecule has 42 heavy (non-hydrogen) atoms. The van der Waals surface area contributed by atoms with Crippen molar-refractivity contribution in [1.29, 1.82) is 0 Å². The number of hydrogen-bond donors (Lipinski definition) is 4. The maximum absolute atomic E-state index is 14.8. The number of fused-ring (bicyclic) bond motifs is 1. The number of likely N-dealkylation sites (N-methyl/N-ethyl adjacent to an activating group) is 1. The molecule has 2 unspecified atom stereocenters. The lowest BCUT2D eigenvalue weighted by atomic mass is 9.91. The number of aromatic amines is 1. The van der Waals surface area contributed by atoms with Crippen LogP contribution in [-0.2, 0) is 4.79 Å². The summed E-state index contributed by atoms with van der Waals surface area (Å²) < 4.78 is 14.8. The molecule has 5 rings (SSSR count). The second kappa shape index (κ2) is 13.1. The summed E-state index contributed by atoms with van der Waals surface area (Å²) in [6.07, 6.45) is 9.75. The summed E-state index contributed by atoms with van der Waals surface area (Å²) in [7, 11) is 3.78. The summed E-state index contributed by atoms with van der Waals surface area (Å²) in [6.45, 7) is 0.608. The molecule has 9 nitrogen and oxygen atoms in total. The summed E-state index contributed by atoms with van der Waals surface area (Å²) in [6, 6.07) is 11.9. The molecule has 0 saturated heterocycles. The molecule has 1 aliphatic rings. The van der Waals surface area contributed by atoms with Crippen molar-refractivity contribution in [3.63, 3.8) is 0 Å². The number of H-pyrrole nitrogens is 1. The van der Waals surface area contributed by atoms with Crippen molar-refractivity contribution in [2.24, 2.45) is 0 Å². The number of nitrogens with zero attached hydrogens (tertiary/aromatic N) is 3. The fourth-order valence-corrected chi connectivity index (χ4v) is 5.32. The Morgan fingerprint density at radius 1 is 1.17 bits per heavy atom. The second-order valence-electron chi connectivity index (χ2n) is 10.7. The van der Waals surface area contributed by atoms with Gasteiger partial charge in [0.15, 0.2) is 0 Å². The number of carbonyl (C=O) groups is 2. The highest BCUT2D eigenvalue weighted by Crippen LogP contribution is 2.33. The minimum absolute atomic E-state index is 0.0176. The number of aromatic nitrogens is 3. The number of amides is 2. The van der Waals surface area contributed by atoms with Crippen molar-refractivity contribution >= 4 is 46.0 Å². The summed E-state index contributed by atoms with van der Waals surface area (Å²) in [5, 5.41) is 10.4. The summed E-state index contributed by atoms with van der Waals surface area (Å²) in [5.74, 6) is -1.11. The van der Waals surface area contributed by atoms with E-state index in [1.165, 1.54) is 18.2 Å². The lowest BCUT2D eigenvalue weighted by Gasteiger charge is -2.30. The Morgan fingerprint density at radius 3 is 2.79 bits per heavy atom. The molecule has 0 bridgehead atoms. The van der Waals surface area contributed by atoms with Gasteiger partial charge in [0.1, 0.15) is 5.82 Å². The molecule has 0 spiro atoms. The standard InChI is InChI=1S/C31H33ClFN7O2/c1-40(2)14-6-11-28(41)36-21-12-13-23(26(33)16-21)30(42)37-19-7-5-8-20(15-19)38-31-35-18-25(32)29(39-31)24-17-34-27-10-4-3-9-22(24)27/h3-4,6,9-13,16-20,34H,5,7-8,14-15H2,1-2H3,(H,36,41)(H,37,42)(H,35,38,39)/b11-6+. The fraction of sp³-hybridized carbons (Fsp3) is 0.290. The van der Waals surface area contributed by atoms with Crippen LogP contribution in [0.3, 0.4) is 0 Å². The van der Waals surface area contributed by atoms with E-state index in [0.717, 1.165) is 41.8 Å². The first-order valence-corrected chi connectivity index (χ1v) is 14.2. The van der Waals surface area contributed by atoms with Gasteiger partial charge in [-0.05, 0) is 64.0 Å². The number of para-hydroxylation sites is 1. The maximum atomic E-state index is 14.8. The van der Waals surface area contributed by atoms with Crippen LogP contribution >= 0.6 is 11.6 Å². The summed E-state index contributed by atoms with van der Waals surface area (Å²) in [5.41, 5.74) is 2.72. The zero-order chi connectivity index (χ0) is 29.6. The third kappa shape index (κ3) is 7.13. The molecule has 218 valence electrons. The van der Waals surface area contributed by atoms with Crippen molar-refractivity contribution in [2.45, 2.75) is 37.8 Å². The maximum Gasteiger partial charge on any atom is 0.254 e. The molecule has 2 amide bonds. The van der Waals surface area contributed by atoms with Gasteiger partial charge in [0, 0.05) is 53.1 Å². The first kappa shape index (κ1) is 29.2. The van der Waals surface area contributed by atoms with Crippen LogP contribution in [0.2, 0.25) is 5.02 Å². The highest BCUT2D eigenvalue weighted by Gasteiger charge is 2.25. The summed E-state index contributed by atoms with van der Waals surface area (Å²) in [4.78, 5) is 39.2. The van der Waals surface area contributed by atoms with Gasteiger partial charge in [-0.3, -0.25) is 9.59 Å². The Labute approximate surface area is 248 Å². The van der Waals surface area contributed by atoms with Gasteiger partial charge in [0.25, 0.3) is 5.91 Å². The Balaban J connectivity index is 1.20. The summed E-state index contributed by atoms with van der Waals surface area (Å²) >= 11 is 6.48. The van der Waals surface area contributed by atoms with E-state index < -0.39 is 11.7 Å². The number of anilines is 2. The molecule has 0 aliphatic heterocycles. The highest BCUT2D eigenvalue weighted by atomic mass is 35.5. The molecule has 2 aromatic heterocycles. The molecule has 0 radical (unpaired) electrons. The Morgan fingerprint density at radius 2 is 1.98 bits per heavy atom. The predicted molar refractivity (Wildman–Crippen MR) is 164 cm³/mol. The fourth-order valence-electron chi connectivity index (χ4n) is 5.12. The molecule has 2 atom stereocenters. The van der Waals surface area contributed by atoms with Crippen LogP contribution in [0.5, 0.6) is 0 Å². The van der Waals surface area contributed by atoms with Crippen molar-refractivity contribution in [2.75, 3.05) is 31.3 Å². The smallest absolute Gasteiger partial charge is 0.254 e. The first-order chi connectivity index (χ1) is 20.3. The van der Waals surface area contributed by atoms with E-state index in [2.05, 4.69) is 25.9 Å². The van der Waals surface area contributed by atoms with Gasteiger partial charge in [-0.2, -0.15) is 0 Å². The number of nitrogens with one attached hydrogen (secondary N) is 4. The molecular formula is C31H33ClFN7O2. The van der Waals surface area contributed by atoms with Crippen LogP contribution in [0.25, 0.3) is 22.2 Å². The molecule has 2 heterocycles. The average molecular weight is 590 g/mol. The Bertz CT molecular complexity index is 1620. The van der Waals surface area contributed by atoms with E-state index in [0.29, 0.717) is 29.6 Å². The third-order valence-electron chi connectivity index (χ3n) is 7.15. The number of benzene rings is 2. The average Bonchev–Trinajstić information content (AvgIpc) is 3.38. The minimum atomic E-state index is -0.701. The van der Waals surface area contributed by atoms with E-state index in [9.17, 15) is 14.0 Å². The molecule has 1 fully saturated rings. The largest absolute Gasteiger partial charge is 0.360 e. The monoisotopic (exact) mass is 589 g/mol. The van der Waals surface area contributed by atoms with E-state index in [1.807, 2.05) is 49.5 Å². The van der Waals surface area contributed by atoms with Gasteiger partial charge >= 0.3 is 0 Å². The normalized spacial score (nSPS) is 17.1. The van der Waals surface area contributed by atoms with Gasteiger partial charge in [-0.25, -0.2) is 14.4 Å². The Hall–Kier alpha value is -4.28. The van der Waals surface area contributed by atoms with Crippen LogP contribution in [0, 0.1) is 5.82 Å². The second-order valence-corrected chi connectivity index (χ2v) is 11.1. The van der Waals surface area contributed by atoms with Crippen molar-refractivity contribution in [3.8, 4) is 11.3 Å². The van der Waals surface area contributed by atoms with Crippen LogP contribution in [0.4, 0.5) is 16.0 Å². The molecule has 4 N–H and O–H groups in total. The van der Waals surface area contributed by atoms with Crippen LogP contribution in [0.1, 0.15) is 36.0 Å². The molecule has 4 aromatic rings. The zero-order valence-electron chi connectivity index (χ0n) is 23.5. The van der Waals surface area contributed by atoms with Crippen molar-refractivity contribution < 1.29 is 14.0 Å². The lowest BCUT2D eigenvalue weighted by Crippen LogP contribution is -2.42. The van der Waals surface area contributed by atoms with Crippen molar-refractivity contribution in [1.82, 2.24) is 25.2 Å². The van der Waals surface area contributed by atoms with E-state index >= 15 is 0 Å². The predicted octanol–water partition coefficient (Wildman–Crippen LogP) is 5.63. The van der Waals surface area contributed by atoms with E-state index in [1.54, 1.807) is 12.3 Å². The van der Waals surface area contributed by atoms with Gasteiger partial charge < -0.3 is 25.8 Å². The number of carbonyl (C=O) groups excluding carboxylic acids is 2. The molecule has 11 heteroatoms. The van der Waals surface area contributed by atoms with Gasteiger partial charge in [-0.15, -0.1) is 0 Å². The van der Waals surface area contributed by atoms with E-state index in [4.69, 9.17) is 16.6 Å². The number of rotatable bonds is 9. The van der Waals surface area contributed by atoms with Crippen LogP contribution < -0.4 is 16.0 Å². The van der Waals surface area contributed by atoms with Gasteiger partial charge in [-0.1, -0.05) is 35.9 Å². The Kier molecular flexibility index (Phi) is 9.14. The minimum Gasteiger partial charge on any atom is -0.360 e. The molecule has 1 saturated carbocycles.